The molecule has 226 valence electrons. The minimum atomic E-state index is 0.123. The van der Waals surface area contributed by atoms with E-state index in [-0.39, 0.29) is 11.5 Å². The van der Waals surface area contributed by atoms with Gasteiger partial charge in [-0.2, -0.15) is 0 Å². The molecule has 1 fully saturated rings. The van der Waals surface area contributed by atoms with E-state index in [0.717, 1.165) is 58.8 Å². The van der Waals surface area contributed by atoms with Crippen LogP contribution in [-0.2, 0) is 14.9 Å². The average molecular weight is 545 g/mol. The zero-order valence-corrected chi connectivity index (χ0v) is 26.0. The van der Waals surface area contributed by atoms with E-state index in [2.05, 4.69) is 49.1 Å². The Labute approximate surface area is 242 Å². The van der Waals surface area contributed by atoms with Crippen molar-refractivity contribution < 1.29 is 9.47 Å². The molecule has 1 aromatic carbocycles. The third-order valence-electron chi connectivity index (χ3n) is 8.85. The van der Waals surface area contributed by atoms with Crippen LogP contribution in [0.5, 0.6) is 0 Å². The summed E-state index contributed by atoms with van der Waals surface area (Å²) >= 11 is 0. The van der Waals surface area contributed by atoms with Crippen molar-refractivity contribution in [2.24, 2.45) is 5.73 Å². The molecule has 0 amide bonds. The van der Waals surface area contributed by atoms with E-state index in [4.69, 9.17) is 15.2 Å². The van der Waals surface area contributed by atoms with Gasteiger partial charge < -0.3 is 20.1 Å². The molecule has 1 unspecified atom stereocenters. The highest BCUT2D eigenvalue weighted by molar-refractivity contribution is 5.26. The zero-order valence-electron chi connectivity index (χ0n) is 26.0. The summed E-state index contributed by atoms with van der Waals surface area (Å²) in [6, 6.07) is 10.9. The van der Waals surface area contributed by atoms with Gasteiger partial charge in [0, 0.05) is 31.7 Å². The molecule has 39 heavy (non-hydrogen) atoms. The van der Waals surface area contributed by atoms with Crippen LogP contribution in [0.25, 0.3) is 0 Å². The van der Waals surface area contributed by atoms with Crippen LogP contribution in [0.4, 0.5) is 0 Å². The summed E-state index contributed by atoms with van der Waals surface area (Å²) in [5.74, 6) is 0. The fourth-order valence-electron chi connectivity index (χ4n) is 6.05. The molecular formula is C35H64N2O2. The molecular weight excluding hydrogens is 480 g/mol. The molecule has 0 spiro atoms. The predicted octanol–water partition coefficient (Wildman–Crippen LogP) is 8.66. The molecule has 0 aliphatic carbocycles. The quantitative estimate of drug-likeness (QED) is 0.125. The summed E-state index contributed by atoms with van der Waals surface area (Å²) in [7, 11) is 0. The van der Waals surface area contributed by atoms with Crippen LogP contribution < -0.4 is 5.73 Å². The number of likely N-dealkylation sites (tertiary alicyclic amines) is 1. The van der Waals surface area contributed by atoms with E-state index in [1.54, 1.807) is 0 Å². The highest BCUT2D eigenvalue weighted by Gasteiger charge is 2.35. The minimum Gasteiger partial charge on any atom is -0.379 e. The molecule has 1 aliphatic rings. The zero-order chi connectivity index (χ0) is 27.9. The monoisotopic (exact) mass is 544 g/mol. The van der Waals surface area contributed by atoms with E-state index < -0.39 is 0 Å². The van der Waals surface area contributed by atoms with Crippen molar-refractivity contribution in [2.45, 2.75) is 141 Å². The van der Waals surface area contributed by atoms with Crippen LogP contribution in [0.3, 0.4) is 0 Å². The molecule has 0 saturated carbocycles. The van der Waals surface area contributed by atoms with E-state index >= 15 is 0 Å². The van der Waals surface area contributed by atoms with Crippen LogP contribution in [0, 0.1) is 0 Å². The lowest BCUT2D eigenvalue weighted by molar-refractivity contribution is -0.0388. The van der Waals surface area contributed by atoms with Crippen molar-refractivity contribution in [2.75, 3.05) is 46.0 Å². The Morgan fingerprint density at radius 1 is 0.718 bits per heavy atom. The maximum atomic E-state index is 6.44. The number of nitrogens with zero attached hydrogens (tertiary/aromatic N) is 1. The second kappa shape index (κ2) is 22.7. The number of benzene rings is 1. The van der Waals surface area contributed by atoms with E-state index in [0.29, 0.717) is 0 Å². The van der Waals surface area contributed by atoms with Crippen molar-refractivity contribution in [1.82, 2.24) is 4.90 Å². The topological polar surface area (TPSA) is 47.7 Å². The van der Waals surface area contributed by atoms with Gasteiger partial charge in [0.1, 0.15) is 0 Å². The molecule has 1 aromatic rings. The maximum Gasteiger partial charge on any atom is 0.0934 e. The van der Waals surface area contributed by atoms with Gasteiger partial charge in [-0.1, -0.05) is 134 Å². The number of unbranched alkanes of at least 4 members (excludes halogenated alkanes) is 14. The van der Waals surface area contributed by atoms with Crippen LogP contribution in [0.2, 0.25) is 0 Å². The number of hydrogen-bond donors (Lipinski definition) is 1. The molecule has 0 aromatic heterocycles. The average Bonchev–Trinajstić information content (AvgIpc) is 2.98. The molecule has 1 atom stereocenters. The number of nitrogens with two attached hydrogens (primary N) is 1. The van der Waals surface area contributed by atoms with E-state index in [1.807, 2.05) is 0 Å². The van der Waals surface area contributed by atoms with Crippen LogP contribution in [0.1, 0.15) is 135 Å². The van der Waals surface area contributed by atoms with Crippen LogP contribution in [-0.4, -0.2) is 57.0 Å². The molecule has 0 radical (unpaired) electrons. The van der Waals surface area contributed by atoms with E-state index in [9.17, 15) is 0 Å². The van der Waals surface area contributed by atoms with Gasteiger partial charge in [-0.25, -0.2) is 0 Å². The van der Waals surface area contributed by atoms with Crippen molar-refractivity contribution in [3.05, 3.63) is 35.9 Å². The summed E-state index contributed by atoms with van der Waals surface area (Å²) in [5, 5.41) is 0. The Hall–Kier alpha value is -0.940. The van der Waals surface area contributed by atoms with Gasteiger partial charge in [-0.15, -0.1) is 0 Å². The normalized spacial score (nSPS) is 16.5. The Balaban J connectivity index is 1.70. The van der Waals surface area contributed by atoms with Crippen LogP contribution >= 0.6 is 0 Å². The van der Waals surface area contributed by atoms with Gasteiger partial charge in [0.25, 0.3) is 0 Å². The highest BCUT2D eigenvalue weighted by atomic mass is 16.5. The molecule has 0 bridgehead atoms. The lowest BCUT2D eigenvalue weighted by atomic mass is 9.73. The van der Waals surface area contributed by atoms with Gasteiger partial charge in [0.2, 0.25) is 0 Å². The second-order valence-electron chi connectivity index (χ2n) is 12.2. The summed E-state index contributed by atoms with van der Waals surface area (Å²) in [6.45, 7) is 10.9. The maximum absolute atomic E-state index is 6.44. The third-order valence-corrected chi connectivity index (χ3v) is 8.85. The fraction of sp³-hybridized carbons (Fsp3) is 0.829. The SMILES string of the molecule is CCCCCCCCCCOCC(CN1CCC(CN)(c2ccccc2)CC1)OCCCCCCCCCC. The Morgan fingerprint density at radius 2 is 1.23 bits per heavy atom. The fourth-order valence-corrected chi connectivity index (χ4v) is 6.05. The first-order chi connectivity index (χ1) is 19.2. The Bertz CT molecular complexity index is 660. The molecule has 1 heterocycles. The van der Waals surface area contributed by atoms with Gasteiger partial charge >= 0.3 is 0 Å². The summed E-state index contributed by atoms with van der Waals surface area (Å²) < 4.78 is 12.6. The molecule has 4 heteroatoms. The van der Waals surface area contributed by atoms with Crippen LogP contribution in [0.15, 0.2) is 30.3 Å². The number of piperidine rings is 1. The Kier molecular flexibility index (Phi) is 20.0. The lowest BCUT2D eigenvalue weighted by Crippen LogP contribution is -2.49. The lowest BCUT2D eigenvalue weighted by Gasteiger charge is -2.42. The standard InChI is InChI=1S/C35H64N2O2/c1-3-5-7-9-11-13-15-20-28-38-31-34(39-29-21-16-14-12-10-8-6-4-2)30-37-26-24-35(32-36,25-27-37)33-22-18-17-19-23-33/h17-19,22-23,34H,3-16,20-21,24-32,36H2,1-2H3. The first kappa shape index (κ1) is 34.3. The molecule has 2 N–H and O–H groups in total. The largest absolute Gasteiger partial charge is 0.379 e. The summed E-state index contributed by atoms with van der Waals surface area (Å²) in [6.07, 6.45) is 23.8. The molecule has 1 aliphatic heterocycles. The second-order valence-corrected chi connectivity index (χ2v) is 12.2. The first-order valence-corrected chi connectivity index (χ1v) is 16.9. The smallest absolute Gasteiger partial charge is 0.0934 e. The number of rotatable bonds is 25. The van der Waals surface area contributed by atoms with Crippen molar-refractivity contribution in [3.63, 3.8) is 0 Å². The number of hydrogen-bond acceptors (Lipinski definition) is 4. The molecule has 1 saturated heterocycles. The summed E-state index contributed by atoms with van der Waals surface area (Å²) in [4.78, 5) is 2.59. The van der Waals surface area contributed by atoms with E-state index in [1.165, 1.54) is 108 Å². The number of ether oxygens (including phenoxy) is 2. The van der Waals surface area contributed by atoms with Gasteiger partial charge in [0.15, 0.2) is 0 Å². The Morgan fingerprint density at radius 3 is 1.77 bits per heavy atom. The highest BCUT2D eigenvalue weighted by Crippen LogP contribution is 2.34. The van der Waals surface area contributed by atoms with Crippen molar-refractivity contribution in [1.29, 1.82) is 0 Å². The predicted molar refractivity (Wildman–Crippen MR) is 169 cm³/mol. The summed E-state index contributed by atoms with van der Waals surface area (Å²) in [5.41, 5.74) is 7.87. The third kappa shape index (κ3) is 15.0. The van der Waals surface area contributed by atoms with Gasteiger partial charge in [-0.3, -0.25) is 0 Å². The first-order valence-electron chi connectivity index (χ1n) is 16.9. The van der Waals surface area contributed by atoms with Crippen molar-refractivity contribution in [3.8, 4) is 0 Å². The van der Waals surface area contributed by atoms with Gasteiger partial charge in [0.05, 0.1) is 12.7 Å². The minimum absolute atomic E-state index is 0.123. The van der Waals surface area contributed by atoms with Gasteiger partial charge in [-0.05, 0) is 44.3 Å². The molecule has 4 nitrogen and oxygen atoms in total. The molecule has 2 rings (SSSR count). The van der Waals surface area contributed by atoms with Crippen molar-refractivity contribution >= 4 is 0 Å².